The van der Waals surface area contributed by atoms with E-state index in [4.69, 9.17) is 4.74 Å². The van der Waals surface area contributed by atoms with Gasteiger partial charge in [0.25, 0.3) is 0 Å². The van der Waals surface area contributed by atoms with Gasteiger partial charge in [-0.2, -0.15) is 5.10 Å². The van der Waals surface area contributed by atoms with Crippen LogP contribution in [0.25, 0.3) is 0 Å². The average molecular weight is 381 g/mol. The molecule has 0 saturated carbocycles. The number of carbonyl (C=O) groups is 2. The fourth-order valence-electron chi connectivity index (χ4n) is 2.83. The number of hydrogen-bond acceptors (Lipinski definition) is 5. The smallest absolute Gasteiger partial charge is 0.327 e. The molecule has 3 rings (SSSR count). The Bertz CT molecular complexity index is 869. The van der Waals surface area contributed by atoms with E-state index >= 15 is 0 Å². The van der Waals surface area contributed by atoms with Crippen LogP contribution in [0, 0.1) is 18.6 Å². The van der Waals surface area contributed by atoms with E-state index < -0.39 is 22.9 Å². The van der Waals surface area contributed by atoms with Crippen molar-refractivity contribution >= 4 is 29.5 Å². The van der Waals surface area contributed by atoms with Gasteiger partial charge in [0.15, 0.2) is 11.6 Å². The van der Waals surface area contributed by atoms with Crippen molar-refractivity contribution in [3.8, 4) is 0 Å². The van der Waals surface area contributed by atoms with Gasteiger partial charge in [-0.25, -0.2) is 13.5 Å². The zero-order valence-electron chi connectivity index (χ0n) is 14.2. The molecule has 1 aliphatic heterocycles. The van der Waals surface area contributed by atoms with Crippen molar-refractivity contribution in [2.45, 2.75) is 25.6 Å². The van der Waals surface area contributed by atoms with Crippen molar-refractivity contribution < 1.29 is 23.1 Å². The molecule has 1 aromatic heterocycles. The van der Waals surface area contributed by atoms with Crippen LogP contribution in [0.5, 0.6) is 0 Å². The third-order valence-electron chi connectivity index (χ3n) is 3.91. The lowest BCUT2D eigenvalue weighted by Gasteiger charge is -2.15. The minimum Gasteiger partial charge on any atom is -0.465 e. The number of benzene rings is 1. The predicted molar refractivity (Wildman–Crippen MR) is 92.9 cm³/mol. The lowest BCUT2D eigenvalue weighted by atomic mass is 10.0. The van der Waals surface area contributed by atoms with Crippen LogP contribution in [0.2, 0.25) is 0 Å². The fraction of sp³-hybridized carbons (Fsp3) is 0.353. The average Bonchev–Trinajstić information content (AvgIpc) is 2.77. The highest BCUT2D eigenvalue weighted by Gasteiger charge is 2.31. The molecule has 26 heavy (non-hydrogen) atoms. The molecule has 0 unspecified atom stereocenters. The largest absolute Gasteiger partial charge is 0.465 e. The first-order valence-corrected chi connectivity index (χ1v) is 9.05. The number of ether oxygens (including phenoxy) is 1. The van der Waals surface area contributed by atoms with Gasteiger partial charge in [-0.3, -0.25) is 9.59 Å². The normalized spacial score (nSPS) is 16.6. The molecule has 2 aromatic rings. The standard InChI is InChI=1S/C17H17F2N3O3S/c1-3-25-14(24)7-22-17-15(9(2)21-22)16(26-8-13(23)20-17)10-4-5-11(18)12(19)6-10/h4-6,16H,3,7-8H2,1-2H3,(H,20,23)/t16-/m1/s1. The Morgan fingerprint density at radius 1 is 1.42 bits per heavy atom. The topological polar surface area (TPSA) is 73.2 Å². The number of aromatic nitrogens is 2. The molecular weight excluding hydrogens is 364 g/mol. The third-order valence-corrected chi connectivity index (χ3v) is 5.18. The Balaban J connectivity index is 2.05. The summed E-state index contributed by atoms with van der Waals surface area (Å²) in [5, 5.41) is 6.66. The number of carbonyl (C=O) groups excluding carboxylic acids is 2. The number of esters is 1. The molecule has 1 aromatic carbocycles. The van der Waals surface area contributed by atoms with E-state index in [9.17, 15) is 18.4 Å². The molecule has 0 bridgehead atoms. The van der Waals surface area contributed by atoms with E-state index in [1.165, 1.54) is 22.5 Å². The van der Waals surface area contributed by atoms with Gasteiger partial charge >= 0.3 is 5.97 Å². The molecule has 0 aliphatic carbocycles. The van der Waals surface area contributed by atoms with Gasteiger partial charge in [0.05, 0.1) is 23.3 Å². The van der Waals surface area contributed by atoms with Gasteiger partial charge < -0.3 is 10.1 Å². The van der Waals surface area contributed by atoms with E-state index in [1.807, 2.05) is 0 Å². The van der Waals surface area contributed by atoms with Crippen molar-refractivity contribution in [1.29, 1.82) is 0 Å². The first-order valence-electron chi connectivity index (χ1n) is 8.00. The highest BCUT2D eigenvalue weighted by atomic mass is 32.2. The number of thioether (sulfide) groups is 1. The molecular formula is C17H17F2N3O3S. The molecule has 1 N–H and O–H groups in total. The molecule has 1 atom stereocenters. The maximum absolute atomic E-state index is 13.7. The second kappa shape index (κ2) is 7.45. The van der Waals surface area contributed by atoms with Crippen LogP contribution in [-0.2, 0) is 20.9 Å². The van der Waals surface area contributed by atoms with Gasteiger partial charge in [-0.15, -0.1) is 11.8 Å². The highest BCUT2D eigenvalue weighted by molar-refractivity contribution is 8.00. The summed E-state index contributed by atoms with van der Waals surface area (Å²) in [6.45, 7) is 3.52. The van der Waals surface area contributed by atoms with Crippen LogP contribution in [0.1, 0.15) is 29.0 Å². The molecule has 138 valence electrons. The van der Waals surface area contributed by atoms with E-state index in [-0.39, 0.29) is 24.8 Å². The summed E-state index contributed by atoms with van der Waals surface area (Å²) in [5.74, 6) is -2.11. The Labute approximate surface area is 152 Å². The third kappa shape index (κ3) is 3.57. The number of halogens is 2. The number of nitrogens with zero attached hydrogens (tertiary/aromatic N) is 2. The minimum atomic E-state index is -0.954. The lowest BCUT2D eigenvalue weighted by molar-refractivity contribution is -0.144. The number of amides is 1. The van der Waals surface area contributed by atoms with E-state index in [1.54, 1.807) is 13.8 Å². The van der Waals surface area contributed by atoms with Gasteiger partial charge in [0.2, 0.25) is 5.91 Å². The lowest BCUT2D eigenvalue weighted by Crippen LogP contribution is -2.20. The van der Waals surface area contributed by atoms with Crippen molar-refractivity contribution in [1.82, 2.24) is 9.78 Å². The molecule has 0 spiro atoms. The minimum absolute atomic E-state index is 0.136. The molecule has 6 nitrogen and oxygen atoms in total. The first kappa shape index (κ1) is 18.4. The zero-order valence-corrected chi connectivity index (χ0v) is 15.0. The summed E-state index contributed by atoms with van der Waals surface area (Å²) in [4.78, 5) is 23.9. The summed E-state index contributed by atoms with van der Waals surface area (Å²) in [5.41, 5.74) is 1.77. The van der Waals surface area contributed by atoms with Crippen LogP contribution in [-0.4, -0.2) is 34.0 Å². The summed E-state index contributed by atoms with van der Waals surface area (Å²) in [7, 11) is 0. The van der Waals surface area contributed by atoms with Gasteiger partial charge in [-0.1, -0.05) is 6.07 Å². The van der Waals surface area contributed by atoms with Crippen molar-refractivity contribution in [3.63, 3.8) is 0 Å². The predicted octanol–water partition coefficient (Wildman–Crippen LogP) is 2.81. The van der Waals surface area contributed by atoms with Crippen LogP contribution < -0.4 is 5.32 Å². The number of anilines is 1. The number of hydrogen-bond donors (Lipinski definition) is 1. The monoisotopic (exact) mass is 381 g/mol. The maximum Gasteiger partial charge on any atom is 0.327 e. The molecule has 1 amide bonds. The summed E-state index contributed by atoms with van der Waals surface area (Å²) in [6, 6.07) is 3.66. The molecule has 9 heteroatoms. The SMILES string of the molecule is CCOC(=O)Cn1nc(C)c2c1NC(=O)CS[C@@H]2c1ccc(F)c(F)c1. The van der Waals surface area contributed by atoms with Gasteiger partial charge in [0, 0.05) is 5.56 Å². The molecule has 2 heterocycles. The molecule has 0 radical (unpaired) electrons. The zero-order chi connectivity index (χ0) is 18.8. The van der Waals surface area contributed by atoms with Crippen molar-refractivity contribution in [3.05, 3.63) is 46.7 Å². The highest BCUT2D eigenvalue weighted by Crippen LogP contribution is 2.43. The van der Waals surface area contributed by atoms with E-state index in [0.717, 1.165) is 12.1 Å². The second-order valence-electron chi connectivity index (χ2n) is 5.72. The Kier molecular flexibility index (Phi) is 5.26. The van der Waals surface area contributed by atoms with E-state index in [0.29, 0.717) is 22.6 Å². The Morgan fingerprint density at radius 3 is 2.88 bits per heavy atom. The van der Waals surface area contributed by atoms with Crippen LogP contribution in [0.4, 0.5) is 14.6 Å². The number of rotatable bonds is 4. The summed E-state index contributed by atoms with van der Waals surface area (Å²) in [6.07, 6.45) is 0. The first-order chi connectivity index (χ1) is 12.4. The Morgan fingerprint density at radius 2 is 2.19 bits per heavy atom. The van der Waals surface area contributed by atoms with Gasteiger partial charge in [-0.05, 0) is 31.5 Å². The fourth-order valence-corrected chi connectivity index (χ4v) is 4.01. The van der Waals surface area contributed by atoms with Crippen LogP contribution in [0.3, 0.4) is 0 Å². The Hall–Kier alpha value is -2.42. The molecule has 0 fully saturated rings. The van der Waals surface area contributed by atoms with Crippen LogP contribution >= 0.6 is 11.8 Å². The van der Waals surface area contributed by atoms with Gasteiger partial charge in [0.1, 0.15) is 12.4 Å². The van der Waals surface area contributed by atoms with Crippen molar-refractivity contribution in [2.75, 3.05) is 17.7 Å². The molecule has 1 aliphatic rings. The van der Waals surface area contributed by atoms with Crippen molar-refractivity contribution in [2.24, 2.45) is 0 Å². The number of aryl methyl sites for hydroxylation is 1. The van der Waals surface area contributed by atoms with Crippen LogP contribution in [0.15, 0.2) is 18.2 Å². The number of fused-ring (bicyclic) bond motifs is 1. The summed E-state index contributed by atoms with van der Waals surface area (Å²) >= 11 is 1.29. The number of nitrogens with one attached hydrogen (secondary N) is 1. The van der Waals surface area contributed by atoms with E-state index in [2.05, 4.69) is 10.4 Å². The summed E-state index contributed by atoms with van der Waals surface area (Å²) < 4.78 is 33.3. The molecule has 0 saturated heterocycles. The quantitative estimate of drug-likeness (QED) is 0.825. The maximum atomic E-state index is 13.7. The second-order valence-corrected chi connectivity index (χ2v) is 6.82.